The van der Waals surface area contributed by atoms with Crippen LogP contribution in [-0.4, -0.2) is 37.6 Å². The summed E-state index contributed by atoms with van der Waals surface area (Å²) in [6.07, 6.45) is 0. The Morgan fingerprint density at radius 1 is 1.15 bits per heavy atom. The molecule has 1 aromatic rings. The summed E-state index contributed by atoms with van der Waals surface area (Å²) in [6.45, 7) is 5.76. The van der Waals surface area contributed by atoms with E-state index in [4.69, 9.17) is 0 Å². The van der Waals surface area contributed by atoms with E-state index in [0.29, 0.717) is 18.8 Å². The lowest BCUT2D eigenvalue weighted by molar-refractivity contribution is -0.122. The van der Waals surface area contributed by atoms with E-state index in [1.165, 1.54) is 0 Å². The van der Waals surface area contributed by atoms with Crippen LogP contribution in [0.25, 0.3) is 0 Å². The van der Waals surface area contributed by atoms with Gasteiger partial charge in [0.1, 0.15) is 6.04 Å². The molecule has 0 heterocycles. The van der Waals surface area contributed by atoms with Crippen molar-refractivity contribution in [2.24, 2.45) is 0 Å². The zero-order valence-electron chi connectivity index (χ0n) is 11.9. The second kappa shape index (κ2) is 8.92. The fraction of sp³-hybridized carbons (Fsp3) is 0.429. The van der Waals surface area contributed by atoms with Crippen molar-refractivity contribution in [2.75, 3.05) is 25.0 Å². The number of carbonyl (C=O) groups excluding carboxylic acids is 2. The molecule has 0 radical (unpaired) electrons. The molecule has 0 fully saturated rings. The first-order valence-electron chi connectivity index (χ1n) is 6.74. The van der Waals surface area contributed by atoms with E-state index in [1.54, 1.807) is 19.1 Å². The first-order chi connectivity index (χ1) is 9.63. The molecule has 0 saturated heterocycles. The number of carbonyl (C=O) groups is 2. The molecule has 0 aliphatic heterocycles. The average Bonchev–Trinajstić information content (AvgIpc) is 2.44. The van der Waals surface area contributed by atoms with Crippen LogP contribution in [0, 0.1) is 0 Å². The van der Waals surface area contributed by atoms with Crippen LogP contribution >= 0.6 is 0 Å². The second-order valence-electron chi connectivity index (χ2n) is 4.33. The molecule has 1 aromatic carbocycles. The van der Waals surface area contributed by atoms with E-state index >= 15 is 0 Å². The molecule has 0 bridgehead atoms. The third-order valence-electron chi connectivity index (χ3n) is 2.62. The molecular formula is C14H22N4O2. The van der Waals surface area contributed by atoms with Crippen molar-refractivity contribution in [3.8, 4) is 0 Å². The summed E-state index contributed by atoms with van der Waals surface area (Å²) in [5.74, 6) is -0.203. The summed E-state index contributed by atoms with van der Waals surface area (Å²) >= 11 is 0. The number of hydrogen-bond donors (Lipinski definition) is 4. The molecule has 3 amide bonds. The molecule has 0 aromatic heterocycles. The zero-order valence-corrected chi connectivity index (χ0v) is 11.9. The molecule has 6 heteroatoms. The van der Waals surface area contributed by atoms with Crippen LogP contribution < -0.4 is 21.3 Å². The molecule has 6 nitrogen and oxygen atoms in total. The predicted molar refractivity (Wildman–Crippen MR) is 79.6 cm³/mol. The van der Waals surface area contributed by atoms with Gasteiger partial charge in [0.05, 0.1) is 0 Å². The maximum Gasteiger partial charge on any atom is 0.319 e. The lowest BCUT2D eigenvalue weighted by Crippen LogP contribution is -2.47. The summed E-state index contributed by atoms with van der Waals surface area (Å²) < 4.78 is 0. The van der Waals surface area contributed by atoms with E-state index in [-0.39, 0.29) is 5.91 Å². The standard InChI is InChI=1S/C14H22N4O2/c1-3-15-9-10-16-13(19)11(2)17-14(20)18-12-7-5-4-6-8-12/h4-8,11,15H,3,9-10H2,1-2H3,(H,16,19)(H2,17,18,20). The number of anilines is 1. The van der Waals surface area contributed by atoms with Gasteiger partial charge >= 0.3 is 6.03 Å². The third kappa shape index (κ3) is 6.19. The van der Waals surface area contributed by atoms with Gasteiger partial charge in [-0.15, -0.1) is 0 Å². The van der Waals surface area contributed by atoms with Crippen molar-refractivity contribution >= 4 is 17.6 Å². The van der Waals surface area contributed by atoms with Crippen LogP contribution in [0.3, 0.4) is 0 Å². The Balaban J connectivity index is 2.28. The summed E-state index contributed by atoms with van der Waals surface area (Å²) in [4.78, 5) is 23.4. The molecule has 1 atom stereocenters. The van der Waals surface area contributed by atoms with Crippen LogP contribution in [-0.2, 0) is 4.79 Å². The number of nitrogens with one attached hydrogen (secondary N) is 4. The Morgan fingerprint density at radius 2 is 1.85 bits per heavy atom. The van der Waals surface area contributed by atoms with Gasteiger partial charge in [-0.05, 0) is 25.6 Å². The number of likely N-dealkylation sites (N-methyl/N-ethyl adjacent to an activating group) is 1. The molecule has 0 saturated carbocycles. The second-order valence-corrected chi connectivity index (χ2v) is 4.33. The van der Waals surface area contributed by atoms with Gasteiger partial charge in [-0.2, -0.15) is 0 Å². The van der Waals surface area contributed by atoms with Crippen LogP contribution in [0.4, 0.5) is 10.5 Å². The lowest BCUT2D eigenvalue weighted by Gasteiger charge is -2.14. The summed E-state index contributed by atoms with van der Waals surface area (Å²) in [5.41, 5.74) is 0.685. The fourth-order valence-corrected chi connectivity index (χ4v) is 1.55. The minimum absolute atomic E-state index is 0.203. The van der Waals surface area contributed by atoms with E-state index in [1.807, 2.05) is 25.1 Å². The smallest absolute Gasteiger partial charge is 0.319 e. The van der Waals surface area contributed by atoms with Crippen molar-refractivity contribution in [1.29, 1.82) is 0 Å². The molecule has 1 rings (SSSR count). The van der Waals surface area contributed by atoms with Crippen molar-refractivity contribution < 1.29 is 9.59 Å². The number of hydrogen-bond acceptors (Lipinski definition) is 3. The SMILES string of the molecule is CCNCCNC(=O)C(C)NC(=O)Nc1ccccc1. The van der Waals surface area contributed by atoms with Gasteiger partial charge in [0, 0.05) is 18.8 Å². The first-order valence-corrected chi connectivity index (χ1v) is 6.74. The Hall–Kier alpha value is -2.08. The quantitative estimate of drug-likeness (QED) is 0.560. The number of amides is 3. The molecule has 4 N–H and O–H groups in total. The molecular weight excluding hydrogens is 256 g/mol. The van der Waals surface area contributed by atoms with Crippen molar-refractivity contribution in [1.82, 2.24) is 16.0 Å². The normalized spacial score (nSPS) is 11.5. The summed E-state index contributed by atoms with van der Waals surface area (Å²) in [6, 6.07) is 8.09. The first kappa shape index (κ1) is 16.0. The largest absolute Gasteiger partial charge is 0.353 e. The molecule has 110 valence electrons. The Morgan fingerprint density at radius 3 is 2.50 bits per heavy atom. The minimum atomic E-state index is -0.583. The van der Waals surface area contributed by atoms with E-state index in [2.05, 4.69) is 21.3 Å². The van der Waals surface area contributed by atoms with Gasteiger partial charge < -0.3 is 21.3 Å². The van der Waals surface area contributed by atoms with Crippen LogP contribution in [0.2, 0.25) is 0 Å². The highest BCUT2D eigenvalue weighted by Crippen LogP contribution is 2.04. The Kier molecular flexibility index (Phi) is 7.13. The van der Waals surface area contributed by atoms with E-state index in [0.717, 1.165) is 6.54 Å². The van der Waals surface area contributed by atoms with E-state index in [9.17, 15) is 9.59 Å². The highest BCUT2D eigenvalue weighted by molar-refractivity contribution is 5.93. The molecule has 0 aliphatic carbocycles. The number of benzene rings is 1. The van der Waals surface area contributed by atoms with Gasteiger partial charge in [0.2, 0.25) is 5.91 Å². The molecule has 0 spiro atoms. The van der Waals surface area contributed by atoms with Crippen LogP contribution in [0.15, 0.2) is 30.3 Å². The van der Waals surface area contributed by atoms with Crippen molar-refractivity contribution in [2.45, 2.75) is 19.9 Å². The number of rotatable bonds is 7. The lowest BCUT2D eigenvalue weighted by atomic mass is 10.3. The van der Waals surface area contributed by atoms with Crippen LogP contribution in [0.5, 0.6) is 0 Å². The number of para-hydroxylation sites is 1. The maximum atomic E-state index is 11.7. The van der Waals surface area contributed by atoms with Gasteiger partial charge in [0.25, 0.3) is 0 Å². The molecule has 0 aliphatic rings. The Labute approximate surface area is 119 Å². The highest BCUT2D eigenvalue weighted by Gasteiger charge is 2.14. The summed E-state index contributed by atoms with van der Waals surface area (Å²) in [7, 11) is 0. The molecule has 20 heavy (non-hydrogen) atoms. The van der Waals surface area contributed by atoms with Crippen molar-refractivity contribution in [3.05, 3.63) is 30.3 Å². The average molecular weight is 278 g/mol. The monoisotopic (exact) mass is 278 g/mol. The third-order valence-corrected chi connectivity index (χ3v) is 2.62. The van der Waals surface area contributed by atoms with Gasteiger partial charge in [-0.3, -0.25) is 4.79 Å². The molecule has 1 unspecified atom stereocenters. The van der Waals surface area contributed by atoms with Gasteiger partial charge in [-0.25, -0.2) is 4.79 Å². The fourth-order valence-electron chi connectivity index (χ4n) is 1.55. The maximum absolute atomic E-state index is 11.7. The zero-order chi connectivity index (χ0) is 14.8. The highest BCUT2D eigenvalue weighted by atomic mass is 16.2. The Bertz CT molecular complexity index is 422. The minimum Gasteiger partial charge on any atom is -0.353 e. The van der Waals surface area contributed by atoms with Crippen LogP contribution in [0.1, 0.15) is 13.8 Å². The van der Waals surface area contributed by atoms with Gasteiger partial charge in [-0.1, -0.05) is 25.1 Å². The number of urea groups is 1. The van der Waals surface area contributed by atoms with Gasteiger partial charge in [0.15, 0.2) is 0 Å². The predicted octanol–water partition coefficient (Wildman–Crippen LogP) is 0.922. The van der Waals surface area contributed by atoms with Crippen molar-refractivity contribution in [3.63, 3.8) is 0 Å². The van der Waals surface area contributed by atoms with E-state index < -0.39 is 12.1 Å². The summed E-state index contributed by atoms with van der Waals surface area (Å²) in [5, 5.41) is 11.1. The topological polar surface area (TPSA) is 82.3 Å².